The Morgan fingerprint density at radius 1 is 1.14 bits per heavy atom. The average Bonchev–Trinajstić information content (AvgIpc) is 3.23. The van der Waals surface area contributed by atoms with Crippen molar-refractivity contribution in [1.82, 2.24) is 14.5 Å². The van der Waals surface area contributed by atoms with Gasteiger partial charge in [0, 0.05) is 25.4 Å². The molecule has 1 N–H and O–H groups in total. The molecule has 0 saturated carbocycles. The summed E-state index contributed by atoms with van der Waals surface area (Å²) < 4.78 is 6.97. The van der Waals surface area contributed by atoms with Gasteiger partial charge in [0.2, 0.25) is 0 Å². The Balaban J connectivity index is 1.58. The number of pyridine rings is 1. The van der Waals surface area contributed by atoms with Gasteiger partial charge in [-0.25, -0.2) is 9.97 Å². The molecule has 0 aliphatic rings. The van der Waals surface area contributed by atoms with Crippen molar-refractivity contribution in [2.45, 2.75) is 19.9 Å². The summed E-state index contributed by atoms with van der Waals surface area (Å²) in [4.78, 5) is 35.9. The second kappa shape index (κ2) is 11.1. The molecule has 2 heterocycles. The van der Waals surface area contributed by atoms with E-state index in [2.05, 4.69) is 16.4 Å². The number of carbonyl (C=O) groups is 2. The van der Waals surface area contributed by atoms with Crippen molar-refractivity contribution in [3.8, 4) is 6.07 Å². The van der Waals surface area contributed by atoms with E-state index in [1.54, 1.807) is 49.5 Å². The standard InChI is InChI=1S/C27H26N6O3/c1-3-36-26(34)13-15-33(24-10-6-7-14-29-24)27(35)19-11-12-23-22(16-19)31-25(32(23)2)18-30-21-9-5-4-8-20(21)17-28/h4-12,14,16,30H,3,13,15,18H2,1-2H3. The lowest BCUT2D eigenvalue weighted by molar-refractivity contribution is -0.142. The number of imidazole rings is 1. The van der Waals surface area contributed by atoms with Gasteiger partial charge in [-0.1, -0.05) is 18.2 Å². The van der Waals surface area contributed by atoms with Crippen molar-refractivity contribution in [1.29, 1.82) is 5.26 Å². The van der Waals surface area contributed by atoms with Crippen molar-refractivity contribution < 1.29 is 14.3 Å². The van der Waals surface area contributed by atoms with Crippen LogP contribution < -0.4 is 10.2 Å². The van der Waals surface area contributed by atoms with Crippen molar-refractivity contribution >= 4 is 34.4 Å². The molecular formula is C27H26N6O3. The minimum absolute atomic E-state index is 0.0575. The summed E-state index contributed by atoms with van der Waals surface area (Å²) in [5.41, 5.74) is 3.26. The third-order valence-corrected chi connectivity index (χ3v) is 5.72. The summed E-state index contributed by atoms with van der Waals surface area (Å²) in [6.45, 7) is 2.58. The van der Waals surface area contributed by atoms with Crippen LogP contribution in [-0.2, 0) is 23.1 Å². The highest BCUT2D eigenvalue weighted by Gasteiger charge is 2.21. The van der Waals surface area contributed by atoms with Gasteiger partial charge in [0.15, 0.2) is 0 Å². The Hall–Kier alpha value is -4.71. The summed E-state index contributed by atoms with van der Waals surface area (Å²) in [6.07, 6.45) is 1.66. The van der Waals surface area contributed by atoms with Gasteiger partial charge in [-0.05, 0) is 49.4 Å². The number of anilines is 2. The maximum atomic E-state index is 13.5. The molecule has 2 aromatic heterocycles. The summed E-state index contributed by atoms with van der Waals surface area (Å²) in [5, 5.41) is 12.6. The zero-order chi connectivity index (χ0) is 25.5. The van der Waals surface area contributed by atoms with E-state index < -0.39 is 0 Å². The Morgan fingerprint density at radius 3 is 2.69 bits per heavy atom. The molecule has 0 spiro atoms. The first-order valence-electron chi connectivity index (χ1n) is 11.6. The second-order valence-corrected chi connectivity index (χ2v) is 8.00. The van der Waals surface area contributed by atoms with Gasteiger partial charge >= 0.3 is 5.97 Å². The van der Waals surface area contributed by atoms with E-state index in [0.29, 0.717) is 29.0 Å². The molecule has 0 fully saturated rings. The van der Waals surface area contributed by atoms with E-state index in [1.807, 2.05) is 35.9 Å². The van der Waals surface area contributed by atoms with Crippen LogP contribution in [0.1, 0.15) is 35.1 Å². The zero-order valence-electron chi connectivity index (χ0n) is 20.1. The van der Waals surface area contributed by atoms with Crippen LogP contribution in [-0.4, -0.2) is 39.6 Å². The molecular weight excluding hydrogens is 456 g/mol. The second-order valence-electron chi connectivity index (χ2n) is 8.00. The number of aryl methyl sites for hydroxylation is 1. The lowest BCUT2D eigenvalue weighted by Crippen LogP contribution is -2.34. The first-order chi connectivity index (χ1) is 17.5. The quantitative estimate of drug-likeness (QED) is 0.358. The molecule has 9 heteroatoms. The fourth-order valence-electron chi connectivity index (χ4n) is 3.88. The van der Waals surface area contributed by atoms with E-state index in [9.17, 15) is 14.9 Å². The van der Waals surface area contributed by atoms with E-state index in [1.165, 1.54) is 4.90 Å². The lowest BCUT2D eigenvalue weighted by atomic mass is 10.1. The number of aromatic nitrogens is 3. The Morgan fingerprint density at radius 2 is 1.94 bits per heavy atom. The van der Waals surface area contributed by atoms with Gasteiger partial charge in [0.1, 0.15) is 17.7 Å². The predicted octanol–water partition coefficient (Wildman–Crippen LogP) is 4.05. The molecule has 0 radical (unpaired) electrons. The molecule has 36 heavy (non-hydrogen) atoms. The van der Waals surface area contributed by atoms with Gasteiger partial charge < -0.3 is 14.6 Å². The number of fused-ring (bicyclic) bond motifs is 1. The first kappa shape index (κ1) is 24.4. The smallest absolute Gasteiger partial charge is 0.307 e. The topological polar surface area (TPSA) is 113 Å². The van der Waals surface area contributed by atoms with E-state index in [0.717, 1.165) is 17.0 Å². The molecule has 4 aromatic rings. The van der Waals surface area contributed by atoms with Crippen LogP contribution in [0, 0.1) is 11.3 Å². The van der Waals surface area contributed by atoms with Crippen LogP contribution in [0.25, 0.3) is 11.0 Å². The van der Waals surface area contributed by atoms with Crippen LogP contribution in [0.2, 0.25) is 0 Å². The van der Waals surface area contributed by atoms with Gasteiger partial charge in [-0.2, -0.15) is 5.26 Å². The fraction of sp³-hybridized carbons (Fsp3) is 0.222. The Kier molecular flexibility index (Phi) is 7.56. The van der Waals surface area contributed by atoms with Crippen LogP contribution in [0.4, 0.5) is 11.5 Å². The highest BCUT2D eigenvalue weighted by Crippen LogP contribution is 2.22. The number of para-hydroxylation sites is 1. The number of hydrogen-bond acceptors (Lipinski definition) is 7. The summed E-state index contributed by atoms with van der Waals surface area (Å²) in [5.74, 6) is 0.551. The monoisotopic (exact) mass is 482 g/mol. The molecule has 0 atom stereocenters. The fourth-order valence-corrected chi connectivity index (χ4v) is 3.88. The molecule has 182 valence electrons. The van der Waals surface area contributed by atoms with E-state index in [-0.39, 0.29) is 31.4 Å². The molecule has 1 amide bonds. The molecule has 0 bridgehead atoms. The van der Waals surface area contributed by atoms with Gasteiger partial charge in [0.05, 0.1) is 41.9 Å². The molecule has 0 unspecified atom stereocenters. The Bertz CT molecular complexity index is 1420. The van der Waals surface area contributed by atoms with Gasteiger partial charge in [-0.15, -0.1) is 0 Å². The molecule has 0 aliphatic carbocycles. The van der Waals surface area contributed by atoms with Crippen molar-refractivity contribution in [2.24, 2.45) is 7.05 Å². The van der Waals surface area contributed by atoms with Crippen LogP contribution in [0.15, 0.2) is 66.9 Å². The summed E-state index contributed by atoms with van der Waals surface area (Å²) in [6, 6.07) is 20.1. The largest absolute Gasteiger partial charge is 0.466 e. The molecule has 4 rings (SSSR count). The van der Waals surface area contributed by atoms with Gasteiger partial charge in [-0.3, -0.25) is 14.5 Å². The summed E-state index contributed by atoms with van der Waals surface area (Å²) >= 11 is 0. The van der Waals surface area contributed by atoms with Gasteiger partial charge in [0.25, 0.3) is 5.91 Å². The lowest BCUT2D eigenvalue weighted by Gasteiger charge is -2.21. The van der Waals surface area contributed by atoms with Crippen LogP contribution in [0.5, 0.6) is 0 Å². The normalized spacial score (nSPS) is 10.6. The number of nitrogens with zero attached hydrogens (tertiary/aromatic N) is 5. The minimum atomic E-state index is -0.374. The minimum Gasteiger partial charge on any atom is -0.466 e. The molecule has 9 nitrogen and oxygen atoms in total. The third kappa shape index (κ3) is 5.33. The maximum Gasteiger partial charge on any atom is 0.307 e. The Labute approximate surface area is 209 Å². The molecule has 0 saturated heterocycles. The van der Waals surface area contributed by atoms with Crippen molar-refractivity contribution in [3.05, 3.63) is 83.8 Å². The zero-order valence-corrected chi connectivity index (χ0v) is 20.1. The van der Waals surface area contributed by atoms with Crippen LogP contribution in [0.3, 0.4) is 0 Å². The average molecular weight is 483 g/mol. The van der Waals surface area contributed by atoms with E-state index >= 15 is 0 Å². The number of hydrogen-bond donors (Lipinski definition) is 1. The number of rotatable bonds is 9. The number of nitriles is 1. The number of nitrogens with one attached hydrogen (secondary N) is 1. The number of esters is 1. The summed E-state index contributed by atoms with van der Waals surface area (Å²) in [7, 11) is 1.91. The third-order valence-electron chi connectivity index (χ3n) is 5.72. The van der Waals surface area contributed by atoms with Crippen molar-refractivity contribution in [3.63, 3.8) is 0 Å². The highest BCUT2D eigenvalue weighted by molar-refractivity contribution is 6.07. The number of amides is 1. The number of carbonyl (C=O) groups excluding carboxylic acids is 2. The number of ether oxygens (including phenoxy) is 1. The predicted molar refractivity (Wildman–Crippen MR) is 136 cm³/mol. The number of benzene rings is 2. The SMILES string of the molecule is CCOC(=O)CCN(C(=O)c1ccc2c(c1)nc(CNc1ccccc1C#N)n2C)c1ccccn1. The maximum absolute atomic E-state index is 13.5. The highest BCUT2D eigenvalue weighted by atomic mass is 16.5. The van der Waals surface area contributed by atoms with Crippen molar-refractivity contribution in [2.75, 3.05) is 23.4 Å². The van der Waals surface area contributed by atoms with E-state index in [4.69, 9.17) is 9.72 Å². The van der Waals surface area contributed by atoms with Crippen LogP contribution >= 0.6 is 0 Å². The molecule has 0 aliphatic heterocycles. The molecule has 2 aromatic carbocycles. The first-order valence-corrected chi connectivity index (χ1v) is 11.6.